The number of rotatable bonds is 1. The number of hydrogen-bond acceptors (Lipinski definition) is 4. The van der Waals surface area contributed by atoms with Gasteiger partial charge in [-0.15, -0.1) is 0 Å². The summed E-state index contributed by atoms with van der Waals surface area (Å²) in [5.74, 6) is 0.994. The van der Waals surface area contributed by atoms with Gasteiger partial charge >= 0.3 is 0 Å². The largest absolute Gasteiger partial charge is 0.315 e. The number of benzene rings is 2. The van der Waals surface area contributed by atoms with E-state index in [2.05, 4.69) is 75.2 Å². The number of fused-ring (bicyclic) bond motifs is 5. The highest BCUT2D eigenvalue weighted by Gasteiger charge is 2.44. The number of para-hydroxylation sites is 2. The van der Waals surface area contributed by atoms with Gasteiger partial charge in [0.15, 0.2) is 5.82 Å². The van der Waals surface area contributed by atoms with Crippen LogP contribution in [-0.2, 0) is 6.42 Å². The molecule has 0 N–H and O–H groups in total. The SMILES string of the molecule is Cc1ccccc1N1c2ncncc2N2c3ccccc3CC21. The predicted molar refractivity (Wildman–Crippen MR) is 91.4 cm³/mol. The fraction of sp³-hybridized carbons (Fsp3) is 0.158. The lowest BCUT2D eigenvalue weighted by Crippen LogP contribution is -2.36. The molecule has 0 amide bonds. The maximum Gasteiger partial charge on any atom is 0.162 e. The molecule has 0 saturated heterocycles. The van der Waals surface area contributed by atoms with Gasteiger partial charge in [0.2, 0.25) is 0 Å². The summed E-state index contributed by atoms with van der Waals surface area (Å²) in [5, 5.41) is 0. The average Bonchev–Trinajstić information content (AvgIpc) is 3.10. The minimum atomic E-state index is 0.236. The molecule has 23 heavy (non-hydrogen) atoms. The molecule has 4 heteroatoms. The van der Waals surface area contributed by atoms with Crippen molar-refractivity contribution < 1.29 is 0 Å². The Morgan fingerprint density at radius 3 is 2.57 bits per heavy atom. The summed E-state index contributed by atoms with van der Waals surface area (Å²) in [4.78, 5) is 13.6. The van der Waals surface area contributed by atoms with Crippen LogP contribution in [0.1, 0.15) is 11.1 Å². The number of nitrogens with zero attached hydrogens (tertiary/aromatic N) is 4. The number of hydrogen-bond donors (Lipinski definition) is 0. The van der Waals surface area contributed by atoms with Gasteiger partial charge in [0.1, 0.15) is 18.2 Å². The van der Waals surface area contributed by atoms with Crippen molar-refractivity contribution in [2.24, 2.45) is 0 Å². The normalized spacial score (nSPS) is 17.9. The summed E-state index contributed by atoms with van der Waals surface area (Å²) < 4.78 is 0. The van der Waals surface area contributed by atoms with E-state index in [9.17, 15) is 0 Å². The molecule has 1 aromatic heterocycles. The first-order valence-electron chi connectivity index (χ1n) is 7.86. The third-order valence-electron chi connectivity index (χ3n) is 4.79. The van der Waals surface area contributed by atoms with Gasteiger partial charge in [-0.2, -0.15) is 0 Å². The third-order valence-corrected chi connectivity index (χ3v) is 4.79. The molecule has 0 bridgehead atoms. The molecule has 2 aliphatic rings. The van der Waals surface area contributed by atoms with Crippen molar-refractivity contribution in [1.29, 1.82) is 0 Å². The number of aryl methyl sites for hydroxylation is 1. The maximum atomic E-state index is 4.59. The van der Waals surface area contributed by atoms with Crippen molar-refractivity contribution >= 4 is 22.9 Å². The van der Waals surface area contributed by atoms with E-state index in [1.807, 2.05) is 6.20 Å². The number of aromatic nitrogens is 2. The van der Waals surface area contributed by atoms with Gasteiger partial charge in [-0.25, -0.2) is 9.97 Å². The highest BCUT2D eigenvalue weighted by atomic mass is 15.5. The molecule has 0 aliphatic carbocycles. The molecule has 1 unspecified atom stereocenters. The molecular formula is C19H16N4. The second-order valence-corrected chi connectivity index (χ2v) is 6.07. The molecule has 5 rings (SSSR count). The van der Waals surface area contributed by atoms with Crippen LogP contribution >= 0.6 is 0 Å². The fourth-order valence-corrected chi connectivity index (χ4v) is 3.78. The summed E-state index contributed by atoms with van der Waals surface area (Å²) in [6, 6.07) is 17.1. The van der Waals surface area contributed by atoms with Gasteiger partial charge in [-0.3, -0.25) is 0 Å². The van der Waals surface area contributed by atoms with Gasteiger partial charge in [0, 0.05) is 17.8 Å². The van der Waals surface area contributed by atoms with Crippen LogP contribution in [0, 0.1) is 6.92 Å². The van der Waals surface area contributed by atoms with E-state index >= 15 is 0 Å². The highest BCUT2D eigenvalue weighted by Crippen LogP contribution is 2.51. The molecule has 2 aliphatic heterocycles. The second-order valence-electron chi connectivity index (χ2n) is 6.07. The molecular weight excluding hydrogens is 284 g/mol. The van der Waals surface area contributed by atoms with Crippen LogP contribution in [0.4, 0.5) is 22.9 Å². The predicted octanol–water partition coefficient (Wildman–Crippen LogP) is 3.96. The Balaban J connectivity index is 1.74. The van der Waals surface area contributed by atoms with Crippen molar-refractivity contribution in [3.05, 3.63) is 72.2 Å². The van der Waals surface area contributed by atoms with Crippen LogP contribution in [0.5, 0.6) is 0 Å². The topological polar surface area (TPSA) is 32.3 Å². The third kappa shape index (κ3) is 1.66. The van der Waals surface area contributed by atoms with E-state index < -0.39 is 0 Å². The summed E-state index contributed by atoms with van der Waals surface area (Å²) in [5.41, 5.74) is 6.21. The summed E-state index contributed by atoms with van der Waals surface area (Å²) >= 11 is 0. The lowest BCUT2D eigenvalue weighted by atomic mass is 10.1. The van der Waals surface area contributed by atoms with E-state index in [1.54, 1.807) is 6.33 Å². The van der Waals surface area contributed by atoms with Crippen molar-refractivity contribution in [1.82, 2.24) is 9.97 Å². The molecule has 0 spiro atoms. The molecule has 0 radical (unpaired) electrons. The Labute approximate surface area is 135 Å². The minimum absolute atomic E-state index is 0.236. The van der Waals surface area contributed by atoms with Crippen LogP contribution in [0.15, 0.2) is 61.1 Å². The lowest BCUT2D eigenvalue weighted by Gasteiger charge is -2.28. The Kier molecular flexibility index (Phi) is 2.50. The van der Waals surface area contributed by atoms with E-state index in [-0.39, 0.29) is 6.17 Å². The van der Waals surface area contributed by atoms with E-state index in [1.165, 1.54) is 22.5 Å². The Morgan fingerprint density at radius 2 is 1.70 bits per heavy atom. The summed E-state index contributed by atoms with van der Waals surface area (Å²) in [6.45, 7) is 2.15. The zero-order valence-electron chi connectivity index (χ0n) is 12.8. The second kappa shape index (κ2) is 4.56. The van der Waals surface area contributed by atoms with Gasteiger partial charge < -0.3 is 9.80 Å². The first-order valence-corrected chi connectivity index (χ1v) is 7.86. The zero-order valence-corrected chi connectivity index (χ0v) is 12.8. The highest BCUT2D eigenvalue weighted by molar-refractivity contribution is 5.88. The minimum Gasteiger partial charge on any atom is -0.315 e. The van der Waals surface area contributed by atoms with Crippen LogP contribution < -0.4 is 9.80 Å². The first kappa shape index (κ1) is 12.6. The van der Waals surface area contributed by atoms with Gasteiger partial charge in [-0.05, 0) is 30.2 Å². The van der Waals surface area contributed by atoms with Crippen molar-refractivity contribution in [2.75, 3.05) is 9.80 Å². The molecule has 3 aromatic rings. The molecule has 0 fully saturated rings. The standard InChI is InChI=1S/C19H16N4/c1-13-6-2-4-8-15(13)23-18-10-14-7-3-5-9-16(14)22(18)17-11-20-12-21-19(17)23/h2-9,11-12,18H,10H2,1H3. The summed E-state index contributed by atoms with van der Waals surface area (Å²) in [7, 11) is 0. The Hall–Kier alpha value is -2.88. The van der Waals surface area contributed by atoms with Crippen molar-refractivity contribution in [2.45, 2.75) is 19.5 Å². The summed E-state index contributed by atoms with van der Waals surface area (Å²) in [6.07, 6.45) is 4.79. The molecule has 1 atom stereocenters. The van der Waals surface area contributed by atoms with Gasteiger partial charge in [-0.1, -0.05) is 36.4 Å². The monoisotopic (exact) mass is 300 g/mol. The quantitative estimate of drug-likeness (QED) is 0.681. The average molecular weight is 300 g/mol. The van der Waals surface area contributed by atoms with Crippen LogP contribution in [0.3, 0.4) is 0 Å². The maximum absolute atomic E-state index is 4.59. The van der Waals surface area contributed by atoms with Crippen molar-refractivity contribution in [3.8, 4) is 0 Å². The molecule has 3 heterocycles. The molecule has 112 valence electrons. The Morgan fingerprint density at radius 1 is 0.913 bits per heavy atom. The Bertz CT molecular complexity index is 905. The van der Waals surface area contributed by atoms with E-state index in [0.717, 1.165) is 17.9 Å². The van der Waals surface area contributed by atoms with E-state index in [4.69, 9.17) is 0 Å². The van der Waals surface area contributed by atoms with Gasteiger partial charge in [0.25, 0.3) is 0 Å². The van der Waals surface area contributed by atoms with Crippen molar-refractivity contribution in [3.63, 3.8) is 0 Å². The molecule has 2 aromatic carbocycles. The zero-order chi connectivity index (χ0) is 15.4. The van der Waals surface area contributed by atoms with Gasteiger partial charge in [0.05, 0.1) is 6.20 Å². The van der Waals surface area contributed by atoms with Crippen LogP contribution in [0.25, 0.3) is 0 Å². The fourth-order valence-electron chi connectivity index (χ4n) is 3.78. The smallest absolute Gasteiger partial charge is 0.162 e. The molecule has 0 saturated carbocycles. The first-order chi connectivity index (χ1) is 11.3. The lowest BCUT2D eigenvalue weighted by molar-refractivity contribution is 0.724. The van der Waals surface area contributed by atoms with Crippen LogP contribution in [0.2, 0.25) is 0 Å². The molecule has 4 nitrogen and oxygen atoms in total. The van der Waals surface area contributed by atoms with Crippen LogP contribution in [-0.4, -0.2) is 16.1 Å². The number of anilines is 4. The van der Waals surface area contributed by atoms with E-state index in [0.29, 0.717) is 0 Å².